The second-order valence-corrected chi connectivity index (χ2v) is 4.50. The van der Waals surface area contributed by atoms with Crippen molar-refractivity contribution in [3.8, 4) is 0 Å². The van der Waals surface area contributed by atoms with Gasteiger partial charge in [-0.15, -0.1) is 0 Å². The standard InChI is InChI=1S/C12H17ClN2O3/c1-15(6-11(16)7-18-2)12(17)8-3-9(13)5-10(14)4-8/h3-5,11,16H,6-7,14H2,1-2H3. The highest BCUT2D eigenvalue weighted by Crippen LogP contribution is 2.17. The number of hydrogen-bond donors (Lipinski definition) is 2. The number of nitrogens with two attached hydrogens (primary N) is 1. The predicted molar refractivity (Wildman–Crippen MR) is 70.7 cm³/mol. The summed E-state index contributed by atoms with van der Waals surface area (Å²) in [6.45, 7) is 0.356. The van der Waals surface area contributed by atoms with Gasteiger partial charge in [-0.1, -0.05) is 11.6 Å². The van der Waals surface area contributed by atoms with E-state index in [0.717, 1.165) is 0 Å². The van der Waals surface area contributed by atoms with Gasteiger partial charge in [-0.05, 0) is 18.2 Å². The van der Waals surface area contributed by atoms with Crippen molar-refractivity contribution in [3.63, 3.8) is 0 Å². The number of ether oxygens (including phenoxy) is 1. The summed E-state index contributed by atoms with van der Waals surface area (Å²) in [5.41, 5.74) is 6.44. The SMILES string of the molecule is COCC(O)CN(C)C(=O)c1cc(N)cc(Cl)c1. The first kappa shape index (κ1) is 14.8. The van der Waals surface area contributed by atoms with Gasteiger partial charge < -0.3 is 20.5 Å². The summed E-state index contributed by atoms with van der Waals surface area (Å²) >= 11 is 5.83. The van der Waals surface area contributed by atoms with E-state index in [9.17, 15) is 9.90 Å². The van der Waals surface area contributed by atoms with E-state index in [4.69, 9.17) is 22.1 Å². The molecule has 1 aromatic carbocycles. The number of rotatable bonds is 5. The molecule has 0 bridgehead atoms. The van der Waals surface area contributed by atoms with Crippen LogP contribution in [0.1, 0.15) is 10.4 Å². The van der Waals surface area contributed by atoms with Gasteiger partial charge in [0.25, 0.3) is 5.91 Å². The van der Waals surface area contributed by atoms with Crippen molar-refractivity contribution < 1.29 is 14.6 Å². The third-order valence-corrected chi connectivity index (χ3v) is 2.58. The van der Waals surface area contributed by atoms with Gasteiger partial charge >= 0.3 is 0 Å². The summed E-state index contributed by atoms with van der Waals surface area (Å²) in [6.07, 6.45) is -0.722. The van der Waals surface area contributed by atoms with E-state index in [1.165, 1.54) is 12.0 Å². The second kappa shape index (κ2) is 6.58. The molecule has 6 heteroatoms. The molecule has 0 aliphatic carbocycles. The number of aliphatic hydroxyl groups is 1. The van der Waals surface area contributed by atoms with E-state index in [1.54, 1.807) is 25.2 Å². The Morgan fingerprint density at radius 1 is 1.56 bits per heavy atom. The van der Waals surface area contributed by atoms with Crippen molar-refractivity contribution in [2.75, 3.05) is 33.0 Å². The number of carbonyl (C=O) groups is 1. The van der Waals surface area contributed by atoms with Crippen molar-refractivity contribution in [2.45, 2.75) is 6.10 Å². The quantitative estimate of drug-likeness (QED) is 0.784. The molecule has 1 unspecified atom stereocenters. The zero-order valence-electron chi connectivity index (χ0n) is 10.4. The van der Waals surface area contributed by atoms with Crippen molar-refractivity contribution in [1.29, 1.82) is 0 Å². The van der Waals surface area contributed by atoms with E-state index in [1.807, 2.05) is 0 Å². The molecule has 0 aliphatic heterocycles. The largest absolute Gasteiger partial charge is 0.399 e. The molecule has 0 saturated carbocycles. The summed E-state index contributed by atoms with van der Waals surface area (Å²) in [5, 5.41) is 9.96. The van der Waals surface area contributed by atoms with Crippen LogP contribution in [0.3, 0.4) is 0 Å². The zero-order chi connectivity index (χ0) is 13.7. The average molecular weight is 273 g/mol. The molecule has 0 saturated heterocycles. The smallest absolute Gasteiger partial charge is 0.253 e. The predicted octanol–water partition coefficient (Wildman–Crippen LogP) is 1.00. The van der Waals surface area contributed by atoms with Gasteiger partial charge in [-0.3, -0.25) is 4.79 Å². The van der Waals surface area contributed by atoms with Crippen molar-refractivity contribution in [3.05, 3.63) is 28.8 Å². The molecule has 1 atom stereocenters. The normalized spacial score (nSPS) is 12.2. The minimum Gasteiger partial charge on any atom is -0.399 e. The van der Waals surface area contributed by atoms with E-state index in [0.29, 0.717) is 16.3 Å². The van der Waals surface area contributed by atoms with Gasteiger partial charge in [0.2, 0.25) is 0 Å². The second-order valence-electron chi connectivity index (χ2n) is 4.07. The van der Waals surface area contributed by atoms with Gasteiger partial charge in [0.05, 0.1) is 12.7 Å². The lowest BCUT2D eigenvalue weighted by Crippen LogP contribution is -2.36. The fourth-order valence-corrected chi connectivity index (χ4v) is 1.84. The number of nitrogens with zero attached hydrogens (tertiary/aromatic N) is 1. The van der Waals surface area contributed by atoms with Crippen LogP contribution in [-0.2, 0) is 4.74 Å². The van der Waals surface area contributed by atoms with E-state index < -0.39 is 6.10 Å². The molecule has 0 heterocycles. The van der Waals surface area contributed by atoms with Crippen LogP contribution in [0.4, 0.5) is 5.69 Å². The number of anilines is 1. The Morgan fingerprint density at radius 3 is 2.78 bits per heavy atom. The maximum Gasteiger partial charge on any atom is 0.253 e. The highest BCUT2D eigenvalue weighted by atomic mass is 35.5. The lowest BCUT2D eigenvalue weighted by molar-refractivity contribution is 0.0380. The van der Waals surface area contributed by atoms with Gasteiger partial charge in [0.1, 0.15) is 0 Å². The molecule has 0 radical (unpaired) electrons. The van der Waals surface area contributed by atoms with Crippen LogP contribution < -0.4 is 5.73 Å². The van der Waals surface area contributed by atoms with E-state index in [2.05, 4.69) is 0 Å². The topological polar surface area (TPSA) is 75.8 Å². The fraction of sp³-hybridized carbons (Fsp3) is 0.417. The maximum atomic E-state index is 12.0. The number of likely N-dealkylation sites (N-methyl/N-ethyl adjacent to an activating group) is 1. The van der Waals surface area contributed by atoms with Gasteiger partial charge in [0, 0.05) is 37.0 Å². The van der Waals surface area contributed by atoms with Crippen LogP contribution in [0, 0.1) is 0 Å². The van der Waals surface area contributed by atoms with Crippen LogP contribution in [0.15, 0.2) is 18.2 Å². The zero-order valence-corrected chi connectivity index (χ0v) is 11.1. The Labute approximate surface area is 111 Å². The summed E-state index contributed by atoms with van der Waals surface area (Å²) in [4.78, 5) is 13.4. The number of nitrogen functional groups attached to an aromatic ring is 1. The maximum absolute atomic E-state index is 12.0. The van der Waals surface area contributed by atoms with Crippen LogP contribution >= 0.6 is 11.6 Å². The lowest BCUT2D eigenvalue weighted by Gasteiger charge is -2.20. The third-order valence-electron chi connectivity index (χ3n) is 2.36. The Kier molecular flexibility index (Phi) is 5.40. The Balaban J connectivity index is 2.74. The van der Waals surface area contributed by atoms with Crippen molar-refractivity contribution >= 4 is 23.2 Å². The Bertz CT molecular complexity index is 406. The first-order valence-electron chi connectivity index (χ1n) is 5.42. The molecule has 18 heavy (non-hydrogen) atoms. The van der Waals surface area contributed by atoms with Crippen LogP contribution in [0.5, 0.6) is 0 Å². The molecule has 0 aliphatic rings. The average Bonchev–Trinajstić information content (AvgIpc) is 2.26. The summed E-state index contributed by atoms with van der Waals surface area (Å²) in [7, 11) is 3.08. The van der Waals surface area contributed by atoms with E-state index >= 15 is 0 Å². The number of amides is 1. The van der Waals surface area contributed by atoms with Crippen LogP contribution in [0.2, 0.25) is 5.02 Å². The highest BCUT2D eigenvalue weighted by molar-refractivity contribution is 6.31. The summed E-state index contributed by atoms with van der Waals surface area (Å²) in [5.74, 6) is -0.251. The van der Waals surface area contributed by atoms with Crippen LogP contribution in [-0.4, -0.2) is 49.3 Å². The monoisotopic (exact) mass is 272 g/mol. The minimum atomic E-state index is -0.722. The fourth-order valence-electron chi connectivity index (χ4n) is 1.60. The third kappa shape index (κ3) is 4.18. The Morgan fingerprint density at radius 2 is 2.22 bits per heavy atom. The van der Waals surface area contributed by atoms with Gasteiger partial charge in [0.15, 0.2) is 0 Å². The molecule has 5 nitrogen and oxygen atoms in total. The van der Waals surface area contributed by atoms with Crippen molar-refractivity contribution in [1.82, 2.24) is 4.90 Å². The molecule has 100 valence electrons. The molecular formula is C12H17ClN2O3. The lowest BCUT2D eigenvalue weighted by atomic mass is 10.1. The molecule has 1 aromatic rings. The summed E-state index contributed by atoms with van der Waals surface area (Å²) in [6, 6.07) is 4.66. The number of aliphatic hydroxyl groups excluding tert-OH is 1. The number of carbonyl (C=O) groups excluding carboxylic acids is 1. The Hall–Kier alpha value is -1.30. The molecule has 1 amide bonds. The van der Waals surface area contributed by atoms with Crippen molar-refractivity contribution in [2.24, 2.45) is 0 Å². The number of methoxy groups -OCH3 is 1. The van der Waals surface area contributed by atoms with Gasteiger partial charge in [-0.25, -0.2) is 0 Å². The first-order valence-corrected chi connectivity index (χ1v) is 5.80. The number of halogens is 1. The molecule has 3 N–H and O–H groups in total. The van der Waals surface area contributed by atoms with Gasteiger partial charge in [-0.2, -0.15) is 0 Å². The minimum absolute atomic E-state index is 0.176. The highest BCUT2D eigenvalue weighted by Gasteiger charge is 2.16. The molecule has 0 fully saturated rings. The van der Waals surface area contributed by atoms with Crippen LogP contribution in [0.25, 0.3) is 0 Å². The van der Waals surface area contributed by atoms with E-state index in [-0.39, 0.29) is 19.1 Å². The molecule has 0 aromatic heterocycles. The number of hydrogen-bond acceptors (Lipinski definition) is 4. The molecule has 1 rings (SSSR count). The summed E-state index contributed by atoms with van der Waals surface area (Å²) < 4.78 is 4.80. The molecular weight excluding hydrogens is 256 g/mol. The molecule has 0 spiro atoms. The number of benzene rings is 1. The first-order chi connectivity index (χ1) is 8.43.